The van der Waals surface area contributed by atoms with Crippen molar-refractivity contribution < 1.29 is 23.8 Å². The van der Waals surface area contributed by atoms with Gasteiger partial charge in [0.15, 0.2) is 17.3 Å². The zero-order chi connectivity index (χ0) is 31.2. The summed E-state index contributed by atoms with van der Waals surface area (Å²) in [4.78, 5) is 46.4. The molecule has 1 N–H and O–H groups in total. The molecule has 11 heteroatoms. The van der Waals surface area contributed by atoms with E-state index < -0.39 is 22.8 Å². The summed E-state index contributed by atoms with van der Waals surface area (Å²) in [5.41, 5.74) is 0.264. The Hall–Kier alpha value is -4.61. The fourth-order valence-electron chi connectivity index (χ4n) is 5.26. The van der Waals surface area contributed by atoms with Crippen LogP contribution in [0.15, 0.2) is 71.7 Å². The third-order valence-corrected chi connectivity index (χ3v) is 8.65. The first-order chi connectivity index (χ1) is 21.0. The van der Waals surface area contributed by atoms with Crippen LogP contribution >= 0.6 is 11.3 Å². The Labute approximate surface area is 256 Å². The van der Waals surface area contributed by atoms with Crippen molar-refractivity contribution in [2.45, 2.75) is 45.8 Å². The van der Waals surface area contributed by atoms with Gasteiger partial charge < -0.3 is 14.7 Å². The number of likely N-dealkylation sites (tertiary alicyclic amines) is 1. The average Bonchev–Trinajstić information content (AvgIpc) is 3.48. The molecule has 0 aliphatic carbocycles. The number of halogens is 1. The first-order valence-electron chi connectivity index (χ1n) is 14.3. The molecule has 1 aliphatic heterocycles. The van der Waals surface area contributed by atoms with Gasteiger partial charge in [-0.3, -0.25) is 24.0 Å². The molecule has 1 amide bonds. The lowest BCUT2D eigenvalue weighted by Gasteiger charge is -2.30. The van der Waals surface area contributed by atoms with Gasteiger partial charge in [0.2, 0.25) is 0 Å². The highest BCUT2D eigenvalue weighted by Gasteiger charge is 2.27. The average molecular weight is 615 g/mol. The summed E-state index contributed by atoms with van der Waals surface area (Å²) in [5.74, 6) is -0.862. The molecule has 0 spiro atoms. The van der Waals surface area contributed by atoms with Crippen LogP contribution in [0.1, 0.15) is 51.6 Å². The maximum absolute atomic E-state index is 15.3. The molecule has 5 aromatic rings. The van der Waals surface area contributed by atoms with Crippen molar-refractivity contribution in [2.75, 3.05) is 13.1 Å². The lowest BCUT2D eigenvalue weighted by molar-refractivity contribution is 0.0545. The Balaban J connectivity index is 1.25. The van der Waals surface area contributed by atoms with Gasteiger partial charge in [0.25, 0.3) is 11.5 Å². The van der Waals surface area contributed by atoms with E-state index in [0.717, 1.165) is 19.5 Å². The number of ether oxygens (including phenoxy) is 1. The van der Waals surface area contributed by atoms with E-state index >= 15 is 4.39 Å². The van der Waals surface area contributed by atoms with Crippen LogP contribution in [-0.2, 0) is 13.0 Å². The van der Waals surface area contributed by atoms with E-state index in [1.807, 2.05) is 6.07 Å². The molecule has 0 atom stereocenters. The molecule has 6 rings (SSSR count). The number of ketones is 1. The second kappa shape index (κ2) is 11.5. The van der Waals surface area contributed by atoms with Gasteiger partial charge in [-0.2, -0.15) is 0 Å². The topological polar surface area (TPSA) is 107 Å². The fourth-order valence-corrected chi connectivity index (χ4v) is 6.29. The number of hydrogen-bond acceptors (Lipinski definition) is 7. The molecule has 0 saturated carbocycles. The van der Waals surface area contributed by atoms with Gasteiger partial charge in [-0.25, -0.2) is 9.07 Å². The normalized spacial score (nSPS) is 13.2. The Morgan fingerprint density at radius 2 is 1.82 bits per heavy atom. The minimum absolute atomic E-state index is 0.0145. The number of carbonyl (C=O) groups is 2. The second-order valence-electron chi connectivity index (χ2n) is 11.5. The van der Waals surface area contributed by atoms with Crippen LogP contribution < -0.4 is 10.3 Å². The molecule has 1 saturated heterocycles. The molecule has 9 nitrogen and oxygen atoms in total. The summed E-state index contributed by atoms with van der Waals surface area (Å²) >= 11 is 1.26. The number of Topliss-reactive ketones (excluding diaryl/α,β-unsaturated/α-hetero) is 1. The van der Waals surface area contributed by atoms with Crippen LogP contribution in [0.25, 0.3) is 15.9 Å². The van der Waals surface area contributed by atoms with Gasteiger partial charge in [-0.15, -0.1) is 11.3 Å². The monoisotopic (exact) mass is 614 g/mol. The van der Waals surface area contributed by atoms with Crippen molar-refractivity contribution in [1.82, 2.24) is 19.2 Å². The molecule has 4 heterocycles. The predicted molar refractivity (Wildman–Crippen MR) is 166 cm³/mol. The smallest absolute Gasteiger partial charge is 0.282 e. The number of pyridine rings is 1. The minimum Gasteiger partial charge on any atom is -0.453 e. The quantitative estimate of drug-likeness (QED) is 0.219. The van der Waals surface area contributed by atoms with E-state index in [1.165, 1.54) is 28.2 Å². The highest BCUT2D eigenvalue weighted by atomic mass is 32.1. The van der Waals surface area contributed by atoms with Crippen molar-refractivity contribution in [1.29, 1.82) is 0 Å². The predicted octanol–water partition coefficient (Wildman–Crippen LogP) is 5.53. The van der Waals surface area contributed by atoms with Gasteiger partial charge in [0.1, 0.15) is 11.3 Å². The number of para-hydroxylation sites is 1. The number of carbonyl (C=O) groups excluding carboxylic acids is 2. The molecule has 1 fully saturated rings. The highest BCUT2D eigenvalue weighted by molar-refractivity contribution is 7.21. The Kier molecular flexibility index (Phi) is 7.68. The van der Waals surface area contributed by atoms with Gasteiger partial charge in [0, 0.05) is 37.5 Å². The lowest BCUT2D eigenvalue weighted by atomic mass is 10.0. The van der Waals surface area contributed by atoms with E-state index in [9.17, 15) is 19.5 Å². The van der Waals surface area contributed by atoms with Gasteiger partial charge in [0.05, 0.1) is 32.9 Å². The largest absolute Gasteiger partial charge is 0.453 e. The van der Waals surface area contributed by atoms with Gasteiger partial charge in [-0.05, 0) is 63.1 Å². The number of thiophene rings is 1. The highest BCUT2D eigenvalue weighted by Crippen LogP contribution is 2.36. The third-order valence-electron chi connectivity index (χ3n) is 7.52. The number of aliphatic hydroxyl groups is 1. The van der Waals surface area contributed by atoms with Crippen LogP contribution in [-0.4, -0.2) is 54.7 Å². The first kappa shape index (κ1) is 29.5. The summed E-state index contributed by atoms with van der Waals surface area (Å²) in [5, 5.41) is 10.5. The summed E-state index contributed by atoms with van der Waals surface area (Å²) in [6.07, 6.45) is 2.33. The van der Waals surface area contributed by atoms with E-state index in [-0.39, 0.29) is 30.2 Å². The summed E-state index contributed by atoms with van der Waals surface area (Å²) in [7, 11) is 0. The third kappa shape index (κ3) is 5.68. The summed E-state index contributed by atoms with van der Waals surface area (Å²) in [6, 6.07) is 16.5. The van der Waals surface area contributed by atoms with Gasteiger partial charge in [-0.1, -0.05) is 24.3 Å². The molecule has 0 bridgehead atoms. The van der Waals surface area contributed by atoms with E-state index in [2.05, 4.69) is 4.98 Å². The van der Waals surface area contributed by atoms with E-state index in [4.69, 9.17) is 4.74 Å². The number of fused-ring (bicyclic) bond motifs is 1. The van der Waals surface area contributed by atoms with Crippen molar-refractivity contribution in [3.8, 4) is 17.2 Å². The number of aromatic nitrogens is 3. The maximum atomic E-state index is 15.3. The molecule has 1 aliphatic rings. The fraction of sp³-hybridized carbons (Fsp3) is 0.273. The van der Waals surface area contributed by atoms with Crippen molar-refractivity contribution in [3.63, 3.8) is 0 Å². The zero-order valence-electron chi connectivity index (χ0n) is 24.5. The number of hydrogen-bond donors (Lipinski definition) is 1. The van der Waals surface area contributed by atoms with E-state index in [1.54, 1.807) is 79.0 Å². The molecule has 2 aromatic carbocycles. The minimum atomic E-state index is -1.15. The molecular formula is C33H31FN4O5S. The van der Waals surface area contributed by atoms with Crippen LogP contribution in [0.4, 0.5) is 4.39 Å². The molecule has 0 unspecified atom stereocenters. The Morgan fingerprint density at radius 1 is 1.07 bits per heavy atom. The van der Waals surface area contributed by atoms with Crippen molar-refractivity contribution >= 4 is 33.2 Å². The maximum Gasteiger partial charge on any atom is 0.282 e. The summed E-state index contributed by atoms with van der Waals surface area (Å²) < 4.78 is 24.9. The number of benzene rings is 2. The number of nitrogens with zero attached hydrogens (tertiary/aromatic N) is 4. The summed E-state index contributed by atoms with van der Waals surface area (Å²) in [6.45, 7) is 6.47. The van der Waals surface area contributed by atoms with Crippen LogP contribution in [0.5, 0.6) is 11.5 Å². The Morgan fingerprint density at radius 3 is 2.48 bits per heavy atom. The zero-order valence-corrected chi connectivity index (χ0v) is 25.4. The van der Waals surface area contributed by atoms with E-state index in [0.29, 0.717) is 37.8 Å². The molecular weight excluding hydrogens is 583 g/mol. The van der Waals surface area contributed by atoms with Crippen LogP contribution in [0.3, 0.4) is 0 Å². The van der Waals surface area contributed by atoms with Crippen LogP contribution in [0.2, 0.25) is 0 Å². The second-order valence-corrected chi connectivity index (χ2v) is 12.6. The molecule has 44 heavy (non-hydrogen) atoms. The number of amides is 1. The van der Waals surface area contributed by atoms with Gasteiger partial charge >= 0.3 is 0 Å². The molecule has 226 valence electrons. The standard InChI is InChI=1S/C33H31FN4O5S/c1-20-29(32(41)38(22-8-5-4-6-9-22)37(20)19-33(2,3)42)25(39)17-21-10-11-26(23(34)16-21)43-27-12-13-35-24-18-28(44-30(24)27)31(40)36-14-7-15-36/h4-6,8-13,16,18,42H,7,14-15,17,19H2,1-3H3. The Bertz CT molecular complexity index is 1950. The molecule has 0 radical (unpaired) electrons. The molecule has 3 aromatic heterocycles. The lowest BCUT2D eigenvalue weighted by Crippen LogP contribution is -2.41. The van der Waals surface area contributed by atoms with Crippen molar-refractivity contribution in [2.24, 2.45) is 0 Å². The first-order valence-corrected chi connectivity index (χ1v) is 15.1. The number of rotatable bonds is 9. The van der Waals surface area contributed by atoms with Crippen molar-refractivity contribution in [3.05, 3.63) is 105 Å². The SMILES string of the molecule is Cc1c(C(=O)Cc2ccc(Oc3ccnc4cc(C(=O)N5CCC5)sc34)c(F)c2)c(=O)n(-c2ccccc2)n1CC(C)(C)O. The van der Waals surface area contributed by atoms with Crippen LogP contribution in [0, 0.1) is 12.7 Å².